The van der Waals surface area contributed by atoms with Crippen LogP contribution in [-0.4, -0.2) is 79.1 Å². The predicted octanol–water partition coefficient (Wildman–Crippen LogP) is 4.26. The molecule has 1 atom stereocenters. The van der Waals surface area contributed by atoms with Crippen LogP contribution >= 0.6 is 0 Å². The summed E-state index contributed by atoms with van der Waals surface area (Å²) in [5, 5.41) is 55.9. The van der Waals surface area contributed by atoms with E-state index in [-0.39, 0.29) is 40.2 Å². The Labute approximate surface area is 302 Å². The zero-order chi connectivity index (χ0) is 38.6. The van der Waals surface area contributed by atoms with Crippen LogP contribution in [0.15, 0.2) is 75.5 Å². The lowest BCUT2D eigenvalue weighted by Gasteiger charge is -2.34. The van der Waals surface area contributed by atoms with E-state index in [9.17, 15) is 27.0 Å². The SMILES string of the molecule is CC(C)(C)C1=NNC(=N\C(=N)c2ccc(NS(C)(=O)=O)cc2)/C1=C1\C(O)=C(c2c(C(C)(C)C)n[nH]c2NC(=N)c2ccc(NS(C)(=O)=O)cc2)C1O. The minimum Gasteiger partial charge on any atom is -0.507 e. The van der Waals surface area contributed by atoms with Gasteiger partial charge in [-0.05, 0) is 48.5 Å². The van der Waals surface area contributed by atoms with Gasteiger partial charge in [0.15, 0.2) is 11.7 Å². The molecule has 9 N–H and O–H groups in total. The van der Waals surface area contributed by atoms with E-state index in [2.05, 4.69) is 40.5 Å². The van der Waals surface area contributed by atoms with Crippen molar-refractivity contribution in [3.8, 4) is 0 Å². The Balaban J connectivity index is 1.55. The first-order chi connectivity index (χ1) is 23.9. The lowest BCUT2D eigenvalue weighted by molar-refractivity contribution is 0.230. The number of rotatable bonds is 8. The average molecular weight is 751 g/mol. The third kappa shape index (κ3) is 8.08. The third-order valence-electron chi connectivity index (χ3n) is 7.94. The summed E-state index contributed by atoms with van der Waals surface area (Å²) in [7, 11) is -6.97. The highest BCUT2D eigenvalue weighted by Crippen LogP contribution is 2.48. The van der Waals surface area contributed by atoms with E-state index in [4.69, 9.17) is 10.8 Å². The second kappa shape index (κ2) is 13.3. The van der Waals surface area contributed by atoms with Gasteiger partial charge < -0.3 is 15.5 Å². The molecule has 2 heterocycles. The lowest BCUT2D eigenvalue weighted by atomic mass is 9.73. The van der Waals surface area contributed by atoms with Crippen LogP contribution < -0.4 is 20.2 Å². The van der Waals surface area contributed by atoms with Crippen LogP contribution in [0.2, 0.25) is 0 Å². The van der Waals surface area contributed by atoms with Crippen molar-refractivity contribution in [2.45, 2.75) is 53.1 Å². The Morgan fingerprint density at radius 1 is 0.827 bits per heavy atom. The Bertz CT molecular complexity index is 2310. The van der Waals surface area contributed by atoms with Crippen molar-refractivity contribution in [1.82, 2.24) is 15.6 Å². The van der Waals surface area contributed by atoms with Crippen LogP contribution in [0.25, 0.3) is 5.57 Å². The minimum atomic E-state index is -3.49. The summed E-state index contributed by atoms with van der Waals surface area (Å²) in [6.45, 7) is 11.5. The maximum Gasteiger partial charge on any atom is 0.229 e. The molecule has 52 heavy (non-hydrogen) atoms. The zero-order valence-electron chi connectivity index (χ0n) is 29.9. The molecule has 2 aliphatic rings. The second-order valence-electron chi connectivity index (χ2n) is 14.6. The Kier molecular flexibility index (Phi) is 9.72. The summed E-state index contributed by atoms with van der Waals surface area (Å²) >= 11 is 0. The number of anilines is 3. The Hall–Kier alpha value is -5.33. The molecule has 16 nitrogen and oxygen atoms in total. The number of hydrogen-bond acceptors (Lipinski definition) is 10. The maximum absolute atomic E-state index is 11.8. The van der Waals surface area contributed by atoms with Crippen molar-refractivity contribution in [2.24, 2.45) is 15.5 Å². The van der Waals surface area contributed by atoms with Crippen LogP contribution in [0, 0.1) is 16.2 Å². The first-order valence-electron chi connectivity index (χ1n) is 15.9. The van der Waals surface area contributed by atoms with E-state index in [1.807, 2.05) is 41.5 Å². The van der Waals surface area contributed by atoms with Crippen LogP contribution in [0.1, 0.15) is 63.9 Å². The molecule has 0 fully saturated rings. The first kappa shape index (κ1) is 37.9. The van der Waals surface area contributed by atoms with E-state index in [0.717, 1.165) is 12.5 Å². The third-order valence-corrected chi connectivity index (χ3v) is 9.16. The van der Waals surface area contributed by atoms with Crippen molar-refractivity contribution in [3.63, 3.8) is 0 Å². The fraction of sp³-hybridized carbons (Fsp3) is 0.324. The monoisotopic (exact) mass is 750 g/mol. The molecular formula is C34H42N10O6S2. The largest absolute Gasteiger partial charge is 0.507 e. The molecule has 1 unspecified atom stereocenters. The number of amidine groups is 3. The molecule has 0 radical (unpaired) electrons. The Morgan fingerprint density at radius 3 is 1.81 bits per heavy atom. The summed E-state index contributed by atoms with van der Waals surface area (Å²) in [6.07, 6.45) is 0.730. The van der Waals surface area contributed by atoms with Gasteiger partial charge in [0.1, 0.15) is 23.5 Å². The van der Waals surface area contributed by atoms with Gasteiger partial charge in [-0.25, -0.2) is 21.8 Å². The number of sulfonamides is 2. The van der Waals surface area contributed by atoms with Crippen LogP contribution in [0.5, 0.6) is 0 Å². The number of benzene rings is 2. The van der Waals surface area contributed by atoms with Crippen molar-refractivity contribution in [2.75, 3.05) is 27.3 Å². The molecular weight excluding hydrogens is 709 g/mol. The molecule has 0 saturated carbocycles. The normalized spacial score (nSPS) is 18.8. The number of aliphatic hydroxyl groups is 2. The number of nitrogens with zero attached hydrogens (tertiary/aromatic N) is 3. The van der Waals surface area contributed by atoms with Crippen molar-refractivity contribution >= 4 is 66.0 Å². The number of hydrazone groups is 1. The van der Waals surface area contributed by atoms with Gasteiger partial charge >= 0.3 is 0 Å². The molecule has 2 aromatic carbocycles. The summed E-state index contributed by atoms with van der Waals surface area (Å²) in [5.41, 5.74) is 5.19. The van der Waals surface area contributed by atoms with Gasteiger partial charge in [0.2, 0.25) is 20.0 Å². The highest BCUT2D eigenvalue weighted by molar-refractivity contribution is 7.92. The molecule has 276 valence electrons. The summed E-state index contributed by atoms with van der Waals surface area (Å²) < 4.78 is 51.2. The van der Waals surface area contributed by atoms with Crippen molar-refractivity contribution in [1.29, 1.82) is 10.8 Å². The summed E-state index contributed by atoms with van der Waals surface area (Å²) in [6, 6.07) is 12.3. The number of aromatic amines is 1. The van der Waals surface area contributed by atoms with Gasteiger partial charge in [-0.1, -0.05) is 41.5 Å². The number of aliphatic hydroxyl groups excluding tert-OH is 2. The van der Waals surface area contributed by atoms with E-state index in [1.54, 1.807) is 24.3 Å². The molecule has 0 bridgehead atoms. The van der Waals surface area contributed by atoms with Gasteiger partial charge in [-0.3, -0.25) is 30.8 Å². The number of aliphatic imine (C=N–C) groups is 1. The van der Waals surface area contributed by atoms with Gasteiger partial charge in [-0.2, -0.15) is 10.2 Å². The molecule has 1 aliphatic heterocycles. The molecule has 1 aliphatic carbocycles. The smallest absolute Gasteiger partial charge is 0.229 e. The van der Waals surface area contributed by atoms with E-state index in [0.29, 0.717) is 45.0 Å². The quantitative estimate of drug-likeness (QED) is 0.118. The van der Waals surface area contributed by atoms with Gasteiger partial charge in [0, 0.05) is 44.5 Å². The number of hydrogen-bond donors (Lipinski definition) is 9. The molecule has 3 aromatic rings. The number of H-pyrrole nitrogens is 1. The fourth-order valence-corrected chi connectivity index (χ4v) is 6.76. The van der Waals surface area contributed by atoms with E-state index >= 15 is 0 Å². The van der Waals surface area contributed by atoms with Gasteiger partial charge in [0.05, 0.1) is 35.1 Å². The number of aromatic nitrogens is 2. The van der Waals surface area contributed by atoms with Crippen LogP contribution in [-0.2, 0) is 25.5 Å². The van der Waals surface area contributed by atoms with Gasteiger partial charge in [-0.15, -0.1) is 0 Å². The molecule has 0 amide bonds. The maximum atomic E-state index is 11.8. The highest BCUT2D eigenvalue weighted by atomic mass is 32.2. The van der Waals surface area contributed by atoms with E-state index < -0.39 is 37.0 Å². The average Bonchev–Trinajstić information content (AvgIpc) is 3.61. The van der Waals surface area contributed by atoms with Crippen LogP contribution in [0.4, 0.5) is 17.2 Å². The fourth-order valence-electron chi connectivity index (χ4n) is 5.63. The van der Waals surface area contributed by atoms with Gasteiger partial charge in [0.25, 0.3) is 0 Å². The first-order valence-corrected chi connectivity index (χ1v) is 19.7. The Morgan fingerprint density at radius 2 is 1.35 bits per heavy atom. The molecule has 5 rings (SSSR count). The second-order valence-corrected chi connectivity index (χ2v) is 18.1. The summed E-state index contributed by atoms with van der Waals surface area (Å²) in [4.78, 5) is 4.46. The zero-order valence-corrected chi connectivity index (χ0v) is 31.5. The minimum absolute atomic E-state index is 0.0565. The predicted molar refractivity (Wildman–Crippen MR) is 204 cm³/mol. The van der Waals surface area contributed by atoms with Crippen LogP contribution in [0.3, 0.4) is 0 Å². The standard InChI is InChI=1S/C34H42N10O6S2/c1-33(2,3)27-23(31(41-39-27)37-29(35)17-9-13-19(14-10-17)43-51(7,47)48)21-25(45)22(26(21)46)24-28(34(4,5)6)40-42-32(24)38-30(36)18-11-15-20(16-12-18)44-52(8,49)50/h9-16,25,43-46H,1-8H3,(H2,35,37,41)(H3,36,38,40,42)/b23-21-. The number of nitrogens with one attached hydrogen (secondary N) is 7. The molecule has 1 aromatic heterocycles. The lowest BCUT2D eigenvalue weighted by Crippen LogP contribution is -2.35. The molecule has 18 heteroatoms. The molecule has 0 spiro atoms. The summed E-state index contributed by atoms with van der Waals surface area (Å²) in [5.74, 6) is -0.0960. The highest BCUT2D eigenvalue weighted by Gasteiger charge is 2.46. The van der Waals surface area contributed by atoms with Crippen molar-refractivity contribution < 1.29 is 27.0 Å². The molecule has 0 saturated heterocycles. The topological polar surface area (TPSA) is 258 Å². The van der Waals surface area contributed by atoms with Crippen molar-refractivity contribution in [3.05, 3.63) is 87.8 Å². The van der Waals surface area contributed by atoms with E-state index in [1.165, 1.54) is 24.3 Å².